The fraction of sp³-hybridized carbons (Fsp3) is 0.261. The Labute approximate surface area is 327 Å². The minimum atomic E-state index is -0.702. The highest BCUT2D eigenvalue weighted by atomic mass is 16.2. The number of nitrogens with zero attached hydrogens (tertiary/aromatic N) is 5. The monoisotopic (exact) mass is 742 g/mol. The third-order valence-corrected chi connectivity index (χ3v) is 10.9. The molecule has 0 unspecified atom stereocenters. The molecule has 2 aliphatic rings. The molecule has 0 saturated carbocycles. The van der Waals surface area contributed by atoms with Gasteiger partial charge in [0.1, 0.15) is 29.4 Å². The molecule has 0 bridgehead atoms. The van der Waals surface area contributed by atoms with Crippen molar-refractivity contribution in [3.63, 3.8) is 0 Å². The van der Waals surface area contributed by atoms with E-state index in [1.807, 2.05) is 108 Å². The number of likely N-dealkylation sites (N-methyl/N-ethyl adjacent to an activating group) is 1. The van der Waals surface area contributed by atoms with Crippen molar-refractivity contribution in [1.82, 2.24) is 34.6 Å². The van der Waals surface area contributed by atoms with Crippen molar-refractivity contribution in [2.45, 2.75) is 49.9 Å². The zero-order chi connectivity index (χ0) is 38.6. The van der Waals surface area contributed by atoms with Crippen molar-refractivity contribution in [2.24, 2.45) is 5.73 Å². The van der Waals surface area contributed by atoms with Gasteiger partial charge in [-0.3, -0.25) is 14.5 Å². The highest BCUT2D eigenvalue weighted by Gasteiger charge is 2.37. The zero-order valence-electron chi connectivity index (χ0n) is 31.7. The lowest BCUT2D eigenvalue weighted by molar-refractivity contribution is -0.137. The van der Waals surface area contributed by atoms with Crippen LogP contribution in [0.15, 0.2) is 122 Å². The molecule has 4 N–H and O–H groups in total. The Morgan fingerprint density at radius 1 is 0.679 bits per heavy atom. The molecule has 0 spiro atoms. The summed E-state index contributed by atoms with van der Waals surface area (Å²) in [4.78, 5) is 49.2. The molecule has 4 heterocycles. The lowest BCUT2D eigenvalue weighted by Gasteiger charge is -2.31. The summed E-state index contributed by atoms with van der Waals surface area (Å²) >= 11 is 0. The van der Waals surface area contributed by atoms with E-state index in [-0.39, 0.29) is 29.9 Å². The van der Waals surface area contributed by atoms with Crippen LogP contribution in [0.3, 0.4) is 0 Å². The van der Waals surface area contributed by atoms with E-state index < -0.39 is 6.04 Å². The Morgan fingerprint density at radius 3 is 1.84 bits per heavy atom. The summed E-state index contributed by atoms with van der Waals surface area (Å²) < 4.78 is 0. The zero-order valence-corrected chi connectivity index (χ0v) is 31.7. The van der Waals surface area contributed by atoms with Crippen molar-refractivity contribution in [2.75, 3.05) is 27.2 Å². The van der Waals surface area contributed by atoms with E-state index in [0.717, 1.165) is 76.4 Å². The predicted molar refractivity (Wildman–Crippen MR) is 218 cm³/mol. The third-order valence-electron chi connectivity index (χ3n) is 10.9. The molecule has 4 aromatic carbocycles. The fourth-order valence-electron chi connectivity index (χ4n) is 8.02. The molecule has 2 aromatic heterocycles. The topological polar surface area (TPSA) is 127 Å². The Kier molecular flexibility index (Phi) is 10.6. The summed E-state index contributed by atoms with van der Waals surface area (Å²) in [5.74, 6) is 8.01. The maximum absolute atomic E-state index is 13.9. The number of hydrogen-bond acceptors (Lipinski definition) is 6. The Balaban J connectivity index is 0.899. The number of rotatable bonds is 9. The number of nitrogens with one attached hydrogen (secondary N) is 2. The summed E-state index contributed by atoms with van der Waals surface area (Å²) in [6.45, 7) is 1.37. The van der Waals surface area contributed by atoms with Crippen LogP contribution >= 0.6 is 0 Å². The molecule has 56 heavy (non-hydrogen) atoms. The van der Waals surface area contributed by atoms with E-state index >= 15 is 0 Å². The first-order valence-corrected chi connectivity index (χ1v) is 19.3. The van der Waals surface area contributed by atoms with E-state index in [9.17, 15) is 9.59 Å². The second-order valence-electron chi connectivity index (χ2n) is 14.8. The van der Waals surface area contributed by atoms with E-state index in [1.165, 1.54) is 0 Å². The van der Waals surface area contributed by atoms with Crippen LogP contribution in [0.5, 0.6) is 0 Å². The molecule has 10 heteroatoms. The van der Waals surface area contributed by atoms with Crippen molar-refractivity contribution < 1.29 is 9.59 Å². The van der Waals surface area contributed by atoms with Crippen molar-refractivity contribution in [1.29, 1.82) is 0 Å². The Morgan fingerprint density at radius 2 is 1.21 bits per heavy atom. The highest BCUT2D eigenvalue weighted by Crippen LogP contribution is 2.36. The molecule has 10 nitrogen and oxygen atoms in total. The molecule has 6 aromatic rings. The lowest BCUT2D eigenvalue weighted by Crippen LogP contribution is -2.40. The van der Waals surface area contributed by atoms with Gasteiger partial charge in [-0.05, 0) is 85.6 Å². The number of aromatic amines is 2. The average molecular weight is 743 g/mol. The molecular formula is C46H46N8O2. The van der Waals surface area contributed by atoms with Crippen LogP contribution in [0.25, 0.3) is 22.4 Å². The van der Waals surface area contributed by atoms with Gasteiger partial charge in [0.2, 0.25) is 11.8 Å². The molecule has 2 aliphatic heterocycles. The molecule has 8 rings (SSSR count). The van der Waals surface area contributed by atoms with Crippen molar-refractivity contribution in [3.8, 4) is 34.2 Å². The molecular weight excluding hydrogens is 697 g/mol. The van der Waals surface area contributed by atoms with E-state index in [0.29, 0.717) is 18.8 Å². The number of carbonyl (C=O) groups is 2. The molecule has 2 saturated heterocycles. The third kappa shape index (κ3) is 7.65. The first kappa shape index (κ1) is 36.7. The van der Waals surface area contributed by atoms with Gasteiger partial charge in [-0.1, -0.05) is 103 Å². The summed E-state index contributed by atoms with van der Waals surface area (Å²) in [6, 6.07) is 34.8. The maximum Gasteiger partial charge on any atom is 0.245 e. The lowest BCUT2D eigenvalue weighted by atomic mass is 10.0. The summed E-state index contributed by atoms with van der Waals surface area (Å²) in [5.41, 5.74) is 13.9. The number of H-pyrrole nitrogens is 2. The van der Waals surface area contributed by atoms with Gasteiger partial charge in [-0.25, -0.2) is 9.97 Å². The van der Waals surface area contributed by atoms with E-state index in [1.54, 1.807) is 6.20 Å². The van der Waals surface area contributed by atoms with E-state index in [2.05, 4.69) is 63.2 Å². The minimum absolute atomic E-state index is 0.0865. The van der Waals surface area contributed by atoms with Gasteiger partial charge in [-0.2, -0.15) is 0 Å². The summed E-state index contributed by atoms with van der Waals surface area (Å²) in [5, 5.41) is 0. The number of carbonyl (C=O) groups excluding carboxylic acids is 2. The van der Waals surface area contributed by atoms with Gasteiger partial charge in [0.05, 0.1) is 30.2 Å². The van der Waals surface area contributed by atoms with Crippen LogP contribution < -0.4 is 5.73 Å². The Hall–Kier alpha value is -6.28. The molecule has 282 valence electrons. The standard InChI is InChI=1S/C46H46N8O2/c1-52(2)42(36-13-7-4-8-14-36)46(56)54-28-10-16-40(54)44-49-30-38(51-44)34-24-22-33(23-25-34)32-20-17-31(18-21-32)19-26-37-29-48-43(50-37)39-15-9-27-53(39)45(55)41(47)35-11-5-3-6-12-35/h3-8,11-14,17-18,20-25,29-30,39-42H,9-10,15-16,27-28,47H2,1-2H3,(H,48,50)(H,49,51)/t39-,40-,41+,42+/m0/s1. The van der Waals surface area contributed by atoms with Crippen LogP contribution in [0.4, 0.5) is 0 Å². The van der Waals surface area contributed by atoms with Crippen LogP contribution in [-0.4, -0.2) is 73.6 Å². The fourth-order valence-corrected chi connectivity index (χ4v) is 8.02. The van der Waals surface area contributed by atoms with Crippen LogP contribution in [0.2, 0.25) is 0 Å². The molecule has 2 amide bonds. The average Bonchev–Trinajstić information content (AvgIpc) is 4.08. The minimum Gasteiger partial charge on any atom is -0.340 e. The SMILES string of the molecule is CN(C)[C@@H](C(=O)N1CCC[C@H]1c1ncc(-c2ccc(-c3ccc(C#Cc4cnc([C@@H]5CCCN5C(=O)[C@H](N)c5ccccc5)[nH]4)cc3)cc2)[nH]1)c1ccccc1. The summed E-state index contributed by atoms with van der Waals surface area (Å²) in [7, 11) is 3.91. The van der Waals surface area contributed by atoms with Gasteiger partial charge in [0, 0.05) is 18.7 Å². The number of likely N-dealkylation sites (tertiary alicyclic amines) is 2. The highest BCUT2D eigenvalue weighted by molar-refractivity contribution is 5.84. The number of aromatic nitrogens is 4. The maximum atomic E-state index is 13.9. The van der Waals surface area contributed by atoms with Crippen LogP contribution in [-0.2, 0) is 9.59 Å². The number of amides is 2. The molecule has 0 radical (unpaired) electrons. The largest absolute Gasteiger partial charge is 0.340 e. The van der Waals surface area contributed by atoms with Crippen molar-refractivity contribution >= 4 is 11.8 Å². The number of nitrogens with two attached hydrogens (primary N) is 1. The first-order valence-electron chi connectivity index (χ1n) is 19.3. The van der Waals surface area contributed by atoms with Gasteiger partial charge in [0.25, 0.3) is 0 Å². The van der Waals surface area contributed by atoms with E-state index in [4.69, 9.17) is 10.7 Å². The first-order chi connectivity index (χ1) is 27.3. The van der Waals surface area contributed by atoms with Gasteiger partial charge < -0.3 is 25.5 Å². The smallest absolute Gasteiger partial charge is 0.245 e. The number of hydrogen-bond donors (Lipinski definition) is 3. The Bertz CT molecular complexity index is 2340. The van der Waals surface area contributed by atoms with Crippen molar-refractivity contribution in [3.05, 3.63) is 156 Å². The second kappa shape index (κ2) is 16.2. The number of benzene rings is 4. The quantitative estimate of drug-likeness (QED) is 0.135. The normalized spacial score (nSPS) is 17.8. The predicted octanol–water partition coefficient (Wildman–Crippen LogP) is 7.20. The van der Waals surface area contributed by atoms with Gasteiger partial charge in [0.15, 0.2) is 0 Å². The molecule has 2 fully saturated rings. The molecule has 0 aliphatic carbocycles. The number of imidazole rings is 2. The van der Waals surface area contributed by atoms with Crippen LogP contribution in [0.1, 0.15) is 83.9 Å². The van der Waals surface area contributed by atoms with Gasteiger partial charge >= 0.3 is 0 Å². The van der Waals surface area contributed by atoms with Crippen LogP contribution in [0, 0.1) is 11.8 Å². The second-order valence-corrected chi connectivity index (χ2v) is 14.8. The van der Waals surface area contributed by atoms with Gasteiger partial charge in [-0.15, -0.1) is 0 Å². The molecule has 4 atom stereocenters. The summed E-state index contributed by atoms with van der Waals surface area (Å²) in [6.07, 6.45) is 7.14.